The molecule has 0 unspecified atom stereocenters. The Balaban J connectivity index is 2.75. The predicted octanol–water partition coefficient (Wildman–Crippen LogP) is 2.70. The van der Waals surface area contributed by atoms with E-state index in [1.807, 2.05) is 0 Å². The molecular weight excluding hydrogens is 275 g/mol. The number of rotatable bonds is 4. The number of Topliss-reactive ketones (excluding diaryl/α,β-unsaturated/α-hetero) is 1. The summed E-state index contributed by atoms with van der Waals surface area (Å²) < 4.78 is 5.21. The lowest BCUT2D eigenvalue weighted by Crippen LogP contribution is -2.16. The quantitative estimate of drug-likeness (QED) is 0.681. The lowest BCUT2D eigenvalue weighted by molar-refractivity contribution is -0.117. The Labute approximate surface area is 115 Å². The maximum Gasteiger partial charge on any atom is 0.212 e. The fourth-order valence-corrected chi connectivity index (χ4v) is 1.64. The van der Waals surface area contributed by atoms with E-state index in [0.29, 0.717) is 15.8 Å². The molecule has 0 heterocycles. The molecule has 0 bridgehead atoms. The monoisotopic (exact) mass is 284 g/mol. The second-order valence-corrected chi connectivity index (χ2v) is 4.30. The number of nitrogens with two attached hydrogens (primary N) is 1. The number of hydrogen-bond donors (Lipinski definition) is 1. The number of nitriles is 1. The largest absolute Gasteiger partial charge is 0.484 e. The van der Waals surface area contributed by atoms with Crippen LogP contribution in [0.4, 0.5) is 0 Å². The van der Waals surface area contributed by atoms with E-state index in [2.05, 4.69) is 0 Å². The van der Waals surface area contributed by atoms with Crippen molar-refractivity contribution in [3.8, 4) is 11.8 Å². The van der Waals surface area contributed by atoms with E-state index in [9.17, 15) is 4.79 Å². The number of hydrogen-bond acceptors (Lipinski definition) is 4. The maximum atomic E-state index is 11.6. The molecule has 94 valence electrons. The molecule has 0 aliphatic carbocycles. The molecule has 1 rings (SSSR count). The van der Waals surface area contributed by atoms with Gasteiger partial charge in [0.05, 0.1) is 5.02 Å². The second-order valence-electron chi connectivity index (χ2n) is 3.46. The maximum absolute atomic E-state index is 11.6. The first-order valence-electron chi connectivity index (χ1n) is 4.93. The molecule has 1 aromatic carbocycles. The Kier molecular flexibility index (Phi) is 5.02. The highest BCUT2D eigenvalue weighted by Crippen LogP contribution is 2.27. The van der Waals surface area contributed by atoms with Crippen molar-refractivity contribution >= 4 is 29.0 Å². The lowest BCUT2D eigenvalue weighted by Gasteiger charge is -2.07. The van der Waals surface area contributed by atoms with Gasteiger partial charge in [0, 0.05) is 10.7 Å². The van der Waals surface area contributed by atoms with Crippen LogP contribution in [-0.2, 0) is 4.79 Å². The van der Waals surface area contributed by atoms with Crippen LogP contribution in [-0.4, -0.2) is 12.4 Å². The van der Waals surface area contributed by atoms with E-state index in [-0.39, 0.29) is 17.9 Å². The van der Waals surface area contributed by atoms with Crippen molar-refractivity contribution in [2.75, 3.05) is 6.61 Å². The predicted molar refractivity (Wildman–Crippen MR) is 69.5 cm³/mol. The van der Waals surface area contributed by atoms with E-state index >= 15 is 0 Å². The molecule has 1 aromatic rings. The van der Waals surface area contributed by atoms with Crippen molar-refractivity contribution < 1.29 is 9.53 Å². The average Bonchev–Trinajstić information content (AvgIpc) is 2.28. The minimum Gasteiger partial charge on any atom is -0.484 e. The van der Waals surface area contributed by atoms with Gasteiger partial charge in [0.25, 0.3) is 0 Å². The van der Waals surface area contributed by atoms with Gasteiger partial charge in [-0.2, -0.15) is 5.26 Å². The van der Waals surface area contributed by atoms with Crippen LogP contribution < -0.4 is 10.5 Å². The van der Waals surface area contributed by atoms with Crippen LogP contribution in [0.5, 0.6) is 5.75 Å². The molecule has 0 amide bonds. The van der Waals surface area contributed by atoms with Gasteiger partial charge in [-0.1, -0.05) is 23.2 Å². The molecule has 0 spiro atoms. The van der Waals surface area contributed by atoms with Gasteiger partial charge in [0.2, 0.25) is 5.78 Å². The molecule has 0 aliphatic rings. The third-order valence-electron chi connectivity index (χ3n) is 2.04. The van der Waals surface area contributed by atoms with Crippen LogP contribution in [0, 0.1) is 11.3 Å². The highest BCUT2D eigenvalue weighted by Gasteiger charge is 2.13. The first kappa shape index (κ1) is 14.4. The summed E-state index contributed by atoms with van der Waals surface area (Å²) in [5.74, 6) is -0.176. The number of benzene rings is 1. The van der Waals surface area contributed by atoms with E-state index < -0.39 is 5.78 Å². The second kappa shape index (κ2) is 6.29. The van der Waals surface area contributed by atoms with Gasteiger partial charge in [0.15, 0.2) is 6.61 Å². The molecule has 0 aromatic heterocycles. The molecule has 6 heteroatoms. The minimum atomic E-state index is -0.497. The van der Waals surface area contributed by atoms with Crippen molar-refractivity contribution in [3.63, 3.8) is 0 Å². The fourth-order valence-electron chi connectivity index (χ4n) is 1.18. The first-order valence-corrected chi connectivity index (χ1v) is 5.68. The summed E-state index contributed by atoms with van der Waals surface area (Å²) in [6, 6.07) is 6.36. The smallest absolute Gasteiger partial charge is 0.212 e. The Morgan fingerprint density at radius 2 is 2.17 bits per heavy atom. The number of ether oxygens (including phenoxy) is 1. The van der Waals surface area contributed by atoms with Crippen LogP contribution >= 0.6 is 23.2 Å². The number of allylic oxidation sites excluding steroid dienone is 1. The lowest BCUT2D eigenvalue weighted by atomic mass is 10.1. The third kappa shape index (κ3) is 3.66. The molecule has 18 heavy (non-hydrogen) atoms. The third-order valence-corrected chi connectivity index (χ3v) is 2.57. The molecule has 0 atom stereocenters. The molecule has 0 fully saturated rings. The standard InChI is InChI=1S/C12H10Cl2N2O2/c1-7(16)9(5-15)11(17)6-18-12-3-2-8(13)4-10(12)14/h2-4H,6,16H2,1H3/b9-7-. The van der Waals surface area contributed by atoms with Crippen molar-refractivity contribution in [1.82, 2.24) is 0 Å². The molecule has 0 saturated heterocycles. The summed E-state index contributed by atoms with van der Waals surface area (Å²) in [7, 11) is 0. The van der Waals surface area contributed by atoms with Gasteiger partial charge in [-0.05, 0) is 25.1 Å². The van der Waals surface area contributed by atoms with E-state index in [1.165, 1.54) is 13.0 Å². The summed E-state index contributed by atoms with van der Waals surface area (Å²) in [5.41, 5.74) is 5.45. The zero-order chi connectivity index (χ0) is 13.7. The van der Waals surface area contributed by atoms with Gasteiger partial charge in [0.1, 0.15) is 17.4 Å². The number of nitrogens with zero attached hydrogens (tertiary/aromatic N) is 1. The summed E-state index contributed by atoms with van der Waals surface area (Å²) >= 11 is 11.6. The van der Waals surface area contributed by atoms with Crippen molar-refractivity contribution in [2.45, 2.75) is 6.92 Å². The summed E-state index contributed by atoms with van der Waals surface area (Å²) in [6.07, 6.45) is 0. The highest BCUT2D eigenvalue weighted by molar-refractivity contribution is 6.35. The molecule has 0 aliphatic heterocycles. The number of halogens is 2. The van der Waals surface area contributed by atoms with Gasteiger partial charge < -0.3 is 10.5 Å². The van der Waals surface area contributed by atoms with Gasteiger partial charge >= 0.3 is 0 Å². The van der Waals surface area contributed by atoms with Crippen LogP contribution in [0.25, 0.3) is 0 Å². The number of carbonyl (C=O) groups is 1. The van der Waals surface area contributed by atoms with Crippen LogP contribution in [0.15, 0.2) is 29.5 Å². The van der Waals surface area contributed by atoms with E-state index in [4.69, 9.17) is 38.9 Å². The number of ketones is 1. The Hall–Kier alpha value is -1.70. The summed E-state index contributed by atoms with van der Waals surface area (Å²) in [5, 5.41) is 9.51. The zero-order valence-electron chi connectivity index (χ0n) is 9.54. The van der Waals surface area contributed by atoms with Gasteiger partial charge in [-0.3, -0.25) is 4.79 Å². The Morgan fingerprint density at radius 3 is 2.67 bits per heavy atom. The number of carbonyl (C=O) groups excluding carboxylic acids is 1. The van der Waals surface area contributed by atoms with E-state index in [1.54, 1.807) is 18.2 Å². The van der Waals surface area contributed by atoms with Crippen molar-refractivity contribution in [3.05, 3.63) is 39.5 Å². The van der Waals surface area contributed by atoms with Gasteiger partial charge in [-0.25, -0.2) is 0 Å². The zero-order valence-corrected chi connectivity index (χ0v) is 11.0. The molecule has 4 nitrogen and oxygen atoms in total. The fraction of sp³-hybridized carbons (Fsp3) is 0.167. The molecule has 0 saturated carbocycles. The SMILES string of the molecule is C/C(N)=C(\C#N)C(=O)COc1ccc(Cl)cc1Cl. The molecule has 2 N–H and O–H groups in total. The van der Waals surface area contributed by atoms with Gasteiger partial charge in [-0.15, -0.1) is 0 Å². The van der Waals surface area contributed by atoms with Crippen LogP contribution in [0.1, 0.15) is 6.92 Å². The Morgan fingerprint density at radius 1 is 1.50 bits per heavy atom. The van der Waals surface area contributed by atoms with Crippen molar-refractivity contribution in [2.24, 2.45) is 5.73 Å². The summed E-state index contributed by atoms with van der Waals surface area (Å²) in [4.78, 5) is 11.6. The molecular formula is C12H10Cl2N2O2. The van der Waals surface area contributed by atoms with Crippen LogP contribution in [0.2, 0.25) is 10.0 Å². The minimum absolute atomic E-state index is 0.111. The van der Waals surface area contributed by atoms with Crippen LogP contribution in [0.3, 0.4) is 0 Å². The normalized spacial score (nSPS) is 11.4. The highest BCUT2D eigenvalue weighted by atomic mass is 35.5. The molecule has 0 radical (unpaired) electrons. The van der Waals surface area contributed by atoms with E-state index in [0.717, 1.165) is 0 Å². The summed E-state index contributed by atoms with van der Waals surface area (Å²) in [6.45, 7) is 1.17. The van der Waals surface area contributed by atoms with Crippen molar-refractivity contribution in [1.29, 1.82) is 5.26 Å². The average molecular weight is 285 g/mol. The Bertz CT molecular complexity index is 543. The first-order chi connectivity index (χ1) is 8.45. The topological polar surface area (TPSA) is 76.1 Å².